The van der Waals surface area contributed by atoms with E-state index >= 15 is 0 Å². The van der Waals surface area contributed by atoms with Crippen LogP contribution in [0.15, 0.2) is 22.5 Å². The van der Waals surface area contributed by atoms with Crippen LogP contribution >= 0.6 is 11.3 Å². The van der Waals surface area contributed by atoms with Gasteiger partial charge in [0.1, 0.15) is 0 Å². The number of aliphatic hydroxyl groups is 1. The van der Waals surface area contributed by atoms with E-state index in [-0.39, 0.29) is 11.5 Å². The van der Waals surface area contributed by atoms with E-state index in [1.54, 1.807) is 18.4 Å². The zero-order chi connectivity index (χ0) is 15.3. The van der Waals surface area contributed by atoms with Crippen LogP contribution in [0.2, 0.25) is 0 Å². The van der Waals surface area contributed by atoms with Gasteiger partial charge in [0.25, 0.3) is 0 Å². The van der Waals surface area contributed by atoms with Gasteiger partial charge >= 0.3 is 0 Å². The van der Waals surface area contributed by atoms with Crippen molar-refractivity contribution in [3.05, 3.63) is 22.4 Å². The van der Waals surface area contributed by atoms with Gasteiger partial charge in [-0.25, -0.2) is 0 Å². The quantitative estimate of drug-likeness (QED) is 0.578. The summed E-state index contributed by atoms with van der Waals surface area (Å²) in [6, 6.07) is 4.27. The molecule has 3 N–H and O–H groups in total. The van der Waals surface area contributed by atoms with Crippen molar-refractivity contribution >= 4 is 17.3 Å². The minimum Gasteiger partial charge on any atom is -0.393 e. The highest BCUT2D eigenvalue weighted by Crippen LogP contribution is 2.26. The zero-order valence-corrected chi connectivity index (χ0v) is 14.0. The molecule has 1 saturated carbocycles. The fraction of sp³-hybridized carbons (Fsp3) is 0.688. The molecule has 1 heterocycles. The van der Waals surface area contributed by atoms with E-state index < -0.39 is 0 Å². The smallest absolute Gasteiger partial charge is 0.191 e. The van der Waals surface area contributed by atoms with Crippen molar-refractivity contribution in [1.29, 1.82) is 0 Å². The Bertz CT molecular complexity index is 456. The monoisotopic (exact) mass is 309 g/mol. The van der Waals surface area contributed by atoms with Gasteiger partial charge in [0.15, 0.2) is 5.96 Å². The largest absolute Gasteiger partial charge is 0.393 e. The van der Waals surface area contributed by atoms with Gasteiger partial charge in [-0.15, -0.1) is 11.3 Å². The highest BCUT2D eigenvalue weighted by atomic mass is 32.1. The molecule has 118 valence electrons. The minimum absolute atomic E-state index is 0.0820. The summed E-state index contributed by atoms with van der Waals surface area (Å²) >= 11 is 1.79. The summed E-state index contributed by atoms with van der Waals surface area (Å²) in [7, 11) is 1.79. The van der Waals surface area contributed by atoms with Crippen molar-refractivity contribution in [3.8, 4) is 0 Å². The Morgan fingerprint density at radius 3 is 2.81 bits per heavy atom. The molecule has 0 radical (unpaired) electrons. The Balaban J connectivity index is 1.80. The molecule has 0 aliphatic heterocycles. The van der Waals surface area contributed by atoms with E-state index in [0.717, 1.165) is 38.3 Å². The Morgan fingerprint density at radius 1 is 1.43 bits per heavy atom. The molecule has 0 aromatic carbocycles. The van der Waals surface area contributed by atoms with Crippen LogP contribution in [0.4, 0.5) is 0 Å². The molecule has 0 bridgehead atoms. The number of hydrogen-bond donors (Lipinski definition) is 3. The molecule has 21 heavy (non-hydrogen) atoms. The lowest BCUT2D eigenvalue weighted by atomic mass is 9.91. The van der Waals surface area contributed by atoms with E-state index in [9.17, 15) is 5.11 Å². The number of nitrogens with one attached hydrogen (secondary N) is 2. The lowest BCUT2D eigenvalue weighted by Gasteiger charge is -2.25. The van der Waals surface area contributed by atoms with Gasteiger partial charge in [0.05, 0.1) is 6.10 Å². The molecule has 5 heteroatoms. The highest BCUT2D eigenvalue weighted by Gasteiger charge is 2.25. The Kier molecular flexibility index (Phi) is 5.65. The normalized spacial score (nSPS) is 23.3. The van der Waals surface area contributed by atoms with Gasteiger partial charge in [0, 0.05) is 36.3 Å². The van der Waals surface area contributed by atoms with Crippen molar-refractivity contribution in [2.45, 2.75) is 44.6 Å². The maximum absolute atomic E-state index is 9.86. The SMILES string of the molecule is CN=C(NCC1CCCC1O)NCC(C)(C)c1cccs1. The maximum atomic E-state index is 9.86. The predicted molar refractivity (Wildman–Crippen MR) is 90.1 cm³/mol. The van der Waals surface area contributed by atoms with Gasteiger partial charge in [-0.1, -0.05) is 26.3 Å². The van der Waals surface area contributed by atoms with Crippen LogP contribution in [0.5, 0.6) is 0 Å². The minimum atomic E-state index is -0.154. The fourth-order valence-electron chi connectivity index (χ4n) is 2.76. The van der Waals surface area contributed by atoms with Crippen molar-refractivity contribution in [2.24, 2.45) is 10.9 Å². The van der Waals surface area contributed by atoms with Crippen LogP contribution in [-0.4, -0.2) is 37.3 Å². The number of nitrogens with zero attached hydrogens (tertiary/aromatic N) is 1. The van der Waals surface area contributed by atoms with Crippen LogP contribution in [0.3, 0.4) is 0 Å². The number of guanidine groups is 1. The van der Waals surface area contributed by atoms with E-state index in [4.69, 9.17) is 0 Å². The summed E-state index contributed by atoms with van der Waals surface area (Å²) in [6.45, 7) is 6.10. The average Bonchev–Trinajstić information content (AvgIpc) is 3.11. The second-order valence-corrected chi connectivity index (χ2v) is 7.37. The first-order valence-electron chi connectivity index (χ1n) is 7.69. The molecule has 0 amide bonds. The molecule has 1 aromatic heterocycles. The van der Waals surface area contributed by atoms with E-state index in [1.165, 1.54) is 4.88 Å². The predicted octanol–water partition coefficient (Wildman–Crippen LogP) is 2.35. The molecular formula is C16H27N3OS. The molecule has 0 saturated heterocycles. The van der Waals surface area contributed by atoms with E-state index in [1.807, 2.05) is 0 Å². The summed E-state index contributed by atoms with van der Waals surface area (Å²) in [5.74, 6) is 1.17. The van der Waals surface area contributed by atoms with Gasteiger partial charge in [-0.3, -0.25) is 4.99 Å². The molecular weight excluding hydrogens is 282 g/mol. The lowest BCUT2D eigenvalue weighted by Crippen LogP contribution is -2.45. The van der Waals surface area contributed by atoms with Crippen molar-refractivity contribution in [2.75, 3.05) is 20.1 Å². The van der Waals surface area contributed by atoms with Gasteiger partial charge in [-0.2, -0.15) is 0 Å². The van der Waals surface area contributed by atoms with Crippen molar-refractivity contribution in [1.82, 2.24) is 10.6 Å². The molecule has 2 atom stereocenters. The van der Waals surface area contributed by atoms with Crippen molar-refractivity contribution in [3.63, 3.8) is 0 Å². The molecule has 4 nitrogen and oxygen atoms in total. The number of rotatable bonds is 5. The molecule has 0 spiro atoms. The van der Waals surface area contributed by atoms with Crippen molar-refractivity contribution < 1.29 is 5.11 Å². The first-order chi connectivity index (χ1) is 10.0. The summed E-state index contributed by atoms with van der Waals surface area (Å²) in [6.07, 6.45) is 3.01. The summed E-state index contributed by atoms with van der Waals surface area (Å²) < 4.78 is 0. The lowest BCUT2D eigenvalue weighted by molar-refractivity contribution is 0.134. The third-order valence-corrected chi connectivity index (χ3v) is 5.50. The Morgan fingerprint density at radius 2 is 2.24 bits per heavy atom. The zero-order valence-electron chi connectivity index (χ0n) is 13.2. The fourth-order valence-corrected chi connectivity index (χ4v) is 3.61. The standard InChI is InChI=1S/C16H27N3OS/c1-16(2,14-8-5-9-21-14)11-19-15(17-3)18-10-12-6-4-7-13(12)20/h5,8-9,12-13,20H,4,6-7,10-11H2,1-3H3,(H2,17,18,19). The third kappa shape index (κ3) is 4.45. The van der Waals surface area contributed by atoms with Crippen LogP contribution in [0.1, 0.15) is 38.0 Å². The second kappa shape index (κ2) is 7.27. The first-order valence-corrected chi connectivity index (χ1v) is 8.57. The molecule has 1 aromatic rings. The topological polar surface area (TPSA) is 56.7 Å². The van der Waals surface area contributed by atoms with Crippen LogP contribution in [-0.2, 0) is 5.41 Å². The molecule has 1 fully saturated rings. The summed E-state index contributed by atoms with van der Waals surface area (Å²) in [5, 5.41) is 18.7. The Labute approximate surface area is 131 Å². The average molecular weight is 309 g/mol. The van der Waals surface area contributed by atoms with Gasteiger partial charge in [-0.05, 0) is 24.3 Å². The van der Waals surface area contributed by atoms with Gasteiger partial charge in [0.2, 0.25) is 0 Å². The molecule has 1 aliphatic carbocycles. The van der Waals surface area contributed by atoms with E-state index in [2.05, 4.69) is 47.0 Å². The van der Waals surface area contributed by atoms with Crippen LogP contribution < -0.4 is 10.6 Å². The molecule has 2 unspecified atom stereocenters. The number of thiophene rings is 1. The van der Waals surface area contributed by atoms with Crippen LogP contribution in [0.25, 0.3) is 0 Å². The number of aliphatic imine (C=N–C) groups is 1. The highest BCUT2D eigenvalue weighted by molar-refractivity contribution is 7.10. The summed E-state index contributed by atoms with van der Waals surface area (Å²) in [4.78, 5) is 5.65. The summed E-state index contributed by atoms with van der Waals surface area (Å²) in [5.41, 5.74) is 0.0820. The maximum Gasteiger partial charge on any atom is 0.191 e. The van der Waals surface area contributed by atoms with Gasteiger partial charge < -0.3 is 15.7 Å². The number of hydrogen-bond acceptors (Lipinski definition) is 3. The molecule has 1 aliphatic rings. The molecule has 2 rings (SSSR count). The Hall–Kier alpha value is -1.07. The second-order valence-electron chi connectivity index (χ2n) is 6.43. The number of aliphatic hydroxyl groups excluding tert-OH is 1. The first kappa shape index (κ1) is 16.3. The van der Waals surface area contributed by atoms with E-state index in [0.29, 0.717) is 5.92 Å². The van der Waals surface area contributed by atoms with Crippen LogP contribution in [0, 0.1) is 5.92 Å². The third-order valence-electron chi connectivity index (χ3n) is 4.26.